The lowest BCUT2D eigenvalue weighted by molar-refractivity contribution is -0.0352. The van der Waals surface area contributed by atoms with Gasteiger partial charge in [0.1, 0.15) is 0 Å². The lowest BCUT2D eigenvalue weighted by Crippen LogP contribution is -2.60. The van der Waals surface area contributed by atoms with Gasteiger partial charge >= 0.3 is 0 Å². The maximum atomic E-state index is 5.53. The van der Waals surface area contributed by atoms with Gasteiger partial charge in [-0.2, -0.15) is 0 Å². The molecule has 0 aromatic rings. The monoisotopic (exact) mass is 500 g/mol. The van der Waals surface area contributed by atoms with E-state index in [1.807, 2.05) is 7.05 Å². The molecule has 2 rings (SSSR count). The molecule has 0 amide bonds. The van der Waals surface area contributed by atoms with Crippen molar-refractivity contribution in [2.45, 2.75) is 37.6 Å². The van der Waals surface area contributed by atoms with Gasteiger partial charge < -0.3 is 15.4 Å². The largest absolute Gasteiger partial charge is 0.379 e. The molecule has 0 radical (unpaired) electrons. The molecule has 1 heterocycles. The number of morpholine rings is 1. The molecule has 0 aromatic heterocycles. The first-order valence-electron chi connectivity index (χ1n) is 8.27. The Balaban J connectivity index is 0.00000264. The molecule has 2 N–H and O–H groups in total. The Morgan fingerprint density at radius 3 is 2.43 bits per heavy atom. The molecule has 0 spiro atoms. The Kier molecular flexibility index (Phi) is 10.0. The fourth-order valence-corrected chi connectivity index (χ4v) is 3.64. The quantitative estimate of drug-likeness (QED) is 0.346. The van der Waals surface area contributed by atoms with Gasteiger partial charge in [-0.05, 0) is 12.8 Å². The van der Waals surface area contributed by atoms with Crippen LogP contribution in [0.15, 0.2) is 16.1 Å². The highest BCUT2D eigenvalue weighted by molar-refractivity contribution is 14.0. The molecule has 1 aliphatic carbocycles. The molecule has 2 aliphatic rings. The molecule has 23 heavy (non-hydrogen) atoms. The van der Waals surface area contributed by atoms with E-state index in [4.69, 9.17) is 4.74 Å². The SMILES string of the molecule is C=C(Br)CNC(=NC)NCC1(N2CCOCC2)CCCCC1.I. The average Bonchev–Trinajstić information content (AvgIpc) is 2.56. The number of guanidine groups is 1. The Morgan fingerprint density at radius 1 is 1.22 bits per heavy atom. The van der Waals surface area contributed by atoms with Crippen LogP contribution in [0.2, 0.25) is 0 Å². The van der Waals surface area contributed by atoms with Crippen molar-refractivity contribution >= 4 is 45.9 Å². The molecule has 0 aromatic carbocycles. The zero-order chi connectivity index (χ0) is 15.8. The number of nitrogens with zero attached hydrogens (tertiary/aromatic N) is 2. The summed E-state index contributed by atoms with van der Waals surface area (Å²) in [7, 11) is 1.81. The van der Waals surface area contributed by atoms with Crippen molar-refractivity contribution in [3.63, 3.8) is 0 Å². The first-order chi connectivity index (χ1) is 10.7. The van der Waals surface area contributed by atoms with Crippen LogP contribution in [0.4, 0.5) is 0 Å². The maximum Gasteiger partial charge on any atom is 0.191 e. The third-order valence-electron chi connectivity index (χ3n) is 4.72. The standard InChI is InChI=1S/C16H29BrN4O.HI/c1-14(17)12-19-15(18-2)20-13-16(6-4-3-5-7-16)21-8-10-22-11-9-21;/h1,3-13H2,2H3,(H2,18,19,20);1H. The molecular weight excluding hydrogens is 471 g/mol. The molecule has 2 fully saturated rings. The summed E-state index contributed by atoms with van der Waals surface area (Å²) in [5.41, 5.74) is 0.255. The van der Waals surface area contributed by atoms with Gasteiger partial charge in [0.25, 0.3) is 0 Å². The van der Waals surface area contributed by atoms with Gasteiger partial charge in [-0.15, -0.1) is 24.0 Å². The van der Waals surface area contributed by atoms with Gasteiger partial charge in [0.15, 0.2) is 5.96 Å². The van der Waals surface area contributed by atoms with Crippen LogP contribution >= 0.6 is 39.9 Å². The van der Waals surface area contributed by atoms with Crippen molar-refractivity contribution in [2.75, 3.05) is 46.4 Å². The van der Waals surface area contributed by atoms with Crippen LogP contribution in [-0.2, 0) is 4.74 Å². The Bertz CT molecular complexity index is 394. The van der Waals surface area contributed by atoms with E-state index in [0.29, 0.717) is 6.54 Å². The second-order valence-corrected chi connectivity index (χ2v) is 7.30. The van der Waals surface area contributed by atoms with E-state index in [0.717, 1.165) is 43.3 Å². The van der Waals surface area contributed by atoms with Crippen molar-refractivity contribution < 1.29 is 4.74 Å². The number of aliphatic imine (C=N–C) groups is 1. The lowest BCUT2D eigenvalue weighted by atomic mass is 9.80. The molecule has 134 valence electrons. The van der Waals surface area contributed by atoms with Gasteiger partial charge in [-0.1, -0.05) is 41.8 Å². The number of hydrogen-bond acceptors (Lipinski definition) is 3. The number of rotatable bonds is 5. The third-order valence-corrected chi connectivity index (χ3v) is 5.00. The summed E-state index contributed by atoms with van der Waals surface area (Å²) in [5, 5.41) is 6.80. The summed E-state index contributed by atoms with van der Waals surface area (Å²) in [6.07, 6.45) is 6.54. The maximum absolute atomic E-state index is 5.53. The summed E-state index contributed by atoms with van der Waals surface area (Å²) in [4.78, 5) is 6.95. The van der Waals surface area contributed by atoms with E-state index in [2.05, 4.69) is 43.0 Å². The van der Waals surface area contributed by atoms with Crippen LogP contribution in [0.5, 0.6) is 0 Å². The van der Waals surface area contributed by atoms with Crippen molar-refractivity contribution in [1.29, 1.82) is 0 Å². The smallest absolute Gasteiger partial charge is 0.191 e. The molecule has 0 bridgehead atoms. The molecular formula is C16H30BrIN4O. The van der Waals surface area contributed by atoms with E-state index in [1.165, 1.54) is 32.1 Å². The zero-order valence-corrected chi connectivity index (χ0v) is 18.0. The number of hydrogen-bond donors (Lipinski definition) is 2. The summed E-state index contributed by atoms with van der Waals surface area (Å²) in [5.74, 6) is 0.846. The Labute approximate surface area is 165 Å². The summed E-state index contributed by atoms with van der Waals surface area (Å²) >= 11 is 3.37. The van der Waals surface area contributed by atoms with Gasteiger partial charge in [-0.3, -0.25) is 9.89 Å². The predicted molar refractivity (Wildman–Crippen MR) is 111 cm³/mol. The molecule has 1 saturated carbocycles. The van der Waals surface area contributed by atoms with E-state index in [-0.39, 0.29) is 29.5 Å². The van der Waals surface area contributed by atoms with Gasteiger partial charge in [-0.25, -0.2) is 0 Å². The minimum Gasteiger partial charge on any atom is -0.379 e. The van der Waals surface area contributed by atoms with E-state index in [9.17, 15) is 0 Å². The predicted octanol–water partition coefficient (Wildman–Crippen LogP) is 2.71. The van der Waals surface area contributed by atoms with Crippen LogP contribution < -0.4 is 10.6 Å². The fourth-order valence-electron chi connectivity index (χ4n) is 3.50. The topological polar surface area (TPSA) is 48.9 Å². The Morgan fingerprint density at radius 2 is 1.87 bits per heavy atom. The molecule has 0 atom stereocenters. The van der Waals surface area contributed by atoms with Gasteiger partial charge in [0, 0.05) is 43.2 Å². The highest BCUT2D eigenvalue weighted by Crippen LogP contribution is 2.33. The molecule has 0 unspecified atom stereocenters. The second-order valence-electron chi connectivity index (χ2n) is 6.18. The van der Waals surface area contributed by atoms with Crippen molar-refractivity contribution in [3.8, 4) is 0 Å². The second kappa shape index (κ2) is 10.9. The minimum atomic E-state index is 0. The Hall–Kier alpha value is 0.140. The summed E-state index contributed by atoms with van der Waals surface area (Å²) in [6.45, 7) is 9.29. The molecule has 1 saturated heterocycles. The first-order valence-corrected chi connectivity index (χ1v) is 9.06. The molecule has 1 aliphatic heterocycles. The van der Waals surface area contributed by atoms with E-state index < -0.39 is 0 Å². The number of halogens is 2. The average molecular weight is 501 g/mol. The molecule has 5 nitrogen and oxygen atoms in total. The van der Waals surface area contributed by atoms with Crippen LogP contribution in [0.1, 0.15) is 32.1 Å². The van der Waals surface area contributed by atoms with Crippen molar-refractivity contribution in [3.05, 3.63) is 11.1 Å². The first kappa shape index (κ1) is 21.2. The van der Waals surface area contributed by atoms with Gasteiger partial charge in [0.05, 0.1) is 13.2 Å². The normalized spacial score (nSPS) is 22.1. The van der Waals surface area contributed by atoms with Crippen LogP contribution in [0.25, 0.3) is 0 Å². The minimum absolute atomic E-state index is 0. The van der Waals surface area contributed by atoms with Crippen LogP contribution in [0.3, 0.4) is 0 Å². The van der Waals surface area contributed by atoms with Crippen molar-refractivity contribution in [2.24, 2.45) is 4.99 Å². The van der Waals surface area contributed by atoms with Crippen LogP contribution in [0, 0.1) is 0 Å². The summed E-state index contributed by atoms with van der Waals surface area (Å²) in [6, 6.07) is 0. The fraction of sp³-hybridized carbons (Fsp3) is 0.812. The van der Waals surface area contributed by atoms with E-state index in [1.54, 1.807) is 0 Å². The lowest BCUT2D eigenvalue weighted by Gasteiger charge is -2.48. The van der Waals surface area contributed by atoms with Crippen molar-refractivity contribution in [1.82, 2.24) is 15.5 Å². The number of ether oxygens (including phenoxy) is 1. The number of nitrogens with one attached hydrogen (secondary N) is 2. The highest BCUT2D eigenvalue weighted by Gasteiger charge is 2.38. The zero-order valence-electron chi connectivity index (χ0n) is 14.1. The van der Waals surface area contributed by atoms with E-state index >= 15 is 0 Å². The third kappa shape index (κ3) is 6.51. The highest BCUT2D eigenvalue weighted by atomic mass is 127. The molecule has 7 heteroatoms. The van der Waals surface area contributed by atoms with Crippen LogP contribution in [-0.4, -0.2) is 62.8 Å². The summed E-state index contributed by atoms with van der Waals surface area (Å²) < 4.78 is 6.46. The van der Waals surface area contributed by atoms with Gasteiger partial charge in [0.2, 0.25) is 0 Å².